The molecule has 0 aliphatic heterocycles. The molecule has 0 spiro atoms. The Morgan fingerprint density at radius 3 is 1.33 bits per heavy atom. The summed E-state index contributed by atoms with van der Waals surface area (Å²) in [5.74, 6) is 0.234. The summed E-state index contributed by atoms with van der Waals surface area (Å²) < 4.78 is 0. The van der Waals surface area contributed by atoms with Crippen LogP contribution in [0.4, 0.5) is 0 Å². The van der Waals surface area contributed by atoms with E-state index in [9.17, 15) is 9.59 Å². The molecule has 2 N–H and O–H groups in total. The number of allylic oxidation sites excluding steroid dienone is 4. The van der Waals surface area contributed by atoms with E-state index >= 15 is 0 Å². The molecule has 0 atom stereocenters. The van der Waals surface area contributed by atoms with Gasteiger partial charge in [-0.3, -0.25) is 9.59 Å². The second kappa shape index (κ2) is 23.7. The molecule has 0 rings (SSSR count). The van der Waals surface area contributed by atoms with Crippen molar-refractivity contribution in [2.45, 2.75) is 117 Å². The van der Waals surface area contributed by atoms with E-state index in [0.29, 0.717) is 12.8 Å². The number of carbonyl (C=O) groups excluding carboxylic acids is 2. The number of carbonyl (C=O) groups is 2. The van der Waals surface area contributed by atoms with Gasteiger partial charge in [-0.05, 0) is 64.2 Å². The molecule has 0 aromatic rings. The van der Waals surface area contributed by atoms with Gasteiger partial charge < -0.3 is 10.6 Å². The number of hydrogen-bond acceptors (Lipinski definition) is 2. The minimum Gasteiger partial charge on any atom is -0.356 e. The van der Waals surface area contributed by atoms with Crippen molar-refractivity contribution < 1.29 is 9.59 Å². The van der Waals surface area contributed by atoms with Crippen molar-refractivity contribution in [1.82, 2.24) is 10.6 Å². The van der Waals surface area contributed by atoms with Crippen LogP contribution >= 0.6 is 0 Å². The van der Waals surface area contributed by atoms with Crippen molar-refractivity contribution in [3.63, 3.8) is 0 Å². The summed E-state index contributed by atoms with van der Waals surface area (Å²) in [7, 11) is 0. The van der Waals surface area contributed by atoms with Crippen molar-refractivity contribution in [3.05, 3.63) is 24.3 Å². The van der Waals surface area contributed by atoms with Crippen LogP contribution in [0.15, 0.2) is 24.3 Å². The molecule has 0 fully saturated rings. The van der Waals surface area contributed by atoms with E-state index in [4.69, 9.17) is 0 Å². The fourth-order valence-electron chi connectivity index (χ4n) is 3.14. The molecule has 2 amide bonds. The van der Waals surface area contributed by atoms with Gasteiger partial charge in [0.1, 0.15) is 0 Å². The Bertz CT molecular complexity index is 416. The van der Waals surface area contributed by atoms with Crippen LogP contribution in [0.1, 0.15) is 117 Å². The Kier molecular flexibility index (Phi) is 22.4. The van der Waals surface area contributed by atoms with Crippen molar-refractivity contribution >= 4 is 11.8 Å². The summed E-state index contributed by atoms with van der Waals surface area (Å²) >= 11 is 0. The first-order valence-corrected chi connectivity index (χ1v) is 12.5. The van der Waals surface area contributed by atoms with Gasteiger partial charge in [0.2, 0.25) is 11.8 Å². The van der Waals surface area contributed by atoms with E-state index in [1.54, 1.807) is 0 Å². The largest absolute Gasteiger partial charge is 0.356 e. The lowest BCUT2D eigenvalue weighted by Crippen LogP contribution is -2.25. The highest BCUT2D eigenvalue weighted by Gasteiger charge is 2.03. The number of rotatable bonds is 21. The molecular weight excluding hydrogens is 372 g/mol. The van der Waals surface area contributed by atoms with Gasteiger partial charge in [0.25, 0.3) is 0 Å². The minimum absolute atomic E-state index is 0.117. The molecule has 0 aliphatic rings. The molecule has 4 nitrogen and oxygen atoms in total. The van der Waals surface area contributed by atoms with E-state index in [0.717, 1.165) is 64.5 Å². The van der Waals surface area contributed by atoms with Gasteiger partial charge in [-0.25, -0.2) is 0 Å². The highest BCUT2D eigenvalue weighted by molar-refractivity contribution is 5.77. The van der Waals surface area contributed by atoms with E-state index < -0.39 is 0 Å². The van der Waals surface area contributed by atoms with E-state index in [1.165, 1.54) is 38.5 Å². The van der Waals surface area contributed by atoms with Crippen LogP contribution in [0, 0.1) is 0 Å². The fourth-order valence-corrected chi connectivity index (χ4v) is 3.14. The molecule has 0 aromatic heterocycles. The molecule has 0 saturated heterocycles. The van der Waals surface area contributed by atoms with E-state index in [-0.39, 0.29) is 11.8 Å². The minimum atomic E-state index is 0.117. The van der Waals surface area contributed by atoms with Gasteiger partial charge in [-0.1, -0.05) is 63.8 Å². The van der Waals surface area contributed by atoms with Crippen LogP contribution in [-0.2, 0) is 9.59 Å². The summed E-state index contributed by atoms with van der Waals surface area (Å²) in [6.45, 7) is 5.93. The van der Waals surface area contributed by atoms with Crippen LogP contribution in [0.25, 0.3) is 0 Å². The van der Waals surface area contributed by atoms with Gasteiger partial charge in [-0.15, -0.1) is 0 Å². The second-order valence-electron chi connectivity index (χ2n) is 8.13. The van der Waals surface area contributed by atoms with Gasteiger partial charge in [0, 0.05) is 25.9 Å². The molecule has 0 heterocycles. The maximum absolute atomic E-state index is 11.8. The smallest absolute Gasteiger partial charge is 0.219 e. The first kappa shape index (κ1) is 28.4. The molecule has 4 heteroatoms. The van der Waals surface area contributed by atoms with Crippen LogP contribution in [0.3, 0.4) is 0 Å². The number of nitrogens with one attached hydrogen (secondary N) is 2. The Morgan fingerprint density at radius 2 is 0.933 bits per heavy atom. The lowest BCUT2D eigenvalue weighted by atomic mass is 10.1. The third-order valence-corrected chi connectivity index (χ3v) is 5.04. The average molecular weight is 421 g/mol. The zero-order valence-electron chi connectivity index (χ0n) is 19.9. The molecule has 0 aliphatic carbocycles. The Labute approximate surface area is 186 Å². The highest BCUT2D eigenvalue weighted by atomic mass is 16.2. The Hall–Kier alpha value is -1.58. The Balaban J connectivity index is 3.37. The third kappa shape index (κ3) is 22.7. The van der Waals surface area contributed by atoms with Gasteiger partial charge in [-0.2, -0.15) is 0 Å². The third-order valence-electron chi connectivity index (χ3n) is 5.04. The normalized spacial score (nSPS) is 11.4. The van der Waals surface area contributed by atoms with Crippen molar-refractivity contribution in [1.29, 1.82) is 0 Å². The monoisotopic (exact) mass is 420 g/mol. The lowest BCUT2D eigenvalue weighted by Gasteiger charge is -2.06. The molecular formula is C26H48N2O2. The molecule has 0 saturated carbocycles. The van der Waals surface area contributed by atoms with Crippen LogP contribution < -0.4 is 10.6 Å². The zero-order chi connectivity index (χ0) is 22.1. The summed E-state index contributed by atoms with van der Waals surface area (Å²) in [6.07, 6.45) is 25.5. The SMILES string of the molecule is CCC/C=C/CCCCCNC(=O)CCCCC(=O)NCCCCC/C=C/CCC. The molecule has 0 aromatic carbocycles. The average Bonchev–Trinajstić information content (AvgIpc) is 2.74. The first-order valence-electron chi connectivity index (χ1n) is 12.5. The number of amides is 2. The van der Waals surface area contributed by atoms with Crippen LogP contribution in [0.5, 0.6) is 0 Å². The van der Waals surface area contributed by atoms with E-state index in [1.807, 2.05) is 0 Å². The number of unbranched alkanes of at least 4 members (excludes halogenated alkanes) is 9. The van der Waals surface area contributed by atoms with Gasteiger partial charge in [0.15, 0.2) is 0 Å². The summed E-state index contributed by atoms with van der Waals surface area (Å²) in [4.78, 5) is 23.6. The van der Waals surface area contributed by atoms with Crippen molar-refractivity contribution in [2.75, 3.05) is 13.1 Å². The number of hydrogen-bond donors (Lipinski definition) is 2. The standard InChI is InChI=1S/C26H48N2O2/c1-3-5-7-9-11-13-15-19-23-27-25(29)21-17-18-22-26(30)28-24-20-16-14-12-10-8-6-4-2/h7-10H,3-6,11-24H2,1-2H3,(H,27,29)(H,28,30)/b9-7+,10-8+. The fraction of sp³-hybridized carbons (Fsp3) is 0.769. The molecule has 0 unspecified atom stereocenters. The van der Waals surface area contributed by atoms with Crippen molar-refractivity contribution in [3.8, 4) is 0 Å². The predicted octanol–water partition coefficient (Wildman–Crippen LogP) is 6.61. The maximum Gasteiger partial charge on any atom is 0.219 e. The zero-order valence-corrected chi connectivity index (χ0v) is 19.9. The summed E-state index contributed by atoms with van der Waals surface area (Å²) in [5, 5.41) is 5.98. The van der Waals surface area contributed by atoms with Crippen molar-refractivity contribution in [2.24, 2.45) is 0 Å². The second-order valence-corrected chi connectivity index (χ2v) is 8.13. The first-order chi connectivity index (χ1) is 14.7. The van der Waals surface area contributed by atoms with E-state index in [2.05, 4.69) is 48.8 Å². The quantitative estimate of drug-likeness (QED) is 0.162. The van der Waals surface area contributed by atoms with Crippen LogP contribution in [0.2, 0.25) is 0 Å². The molecule has 0 radical (unpaired) electrons. The topological polar surface area (TPSA) is 58.2 Å². The summed E-state index contributed by atoms with van der Waals surface area (Å²) in [5.41, 5.74) is 0. The van der Waals surface area contributed by atoms with Gasteiger partial charge >= 0.3 is 0 Å². The highest BCUT2D eigenvalue weighted by Crippen LogP contribution is 2.04. The predicted molar refractivity (Wildman–Crippen MR) is 130 cm³/mol. The van der Waals surface area contributed by atoms with Crippen LogP contribution in [-0.4, -0.2) is 24.9 Å². The lowest BCUT2D eigenvalue weighted by molar-refractivity contribution is -0.123. The summed E-state index contributed by atoms with van der Waals surface area (Å²) in [6, 6.07) is 0. The molecule has 30 heavy (non-hydrogen) atoms. The Morgan fingerprint density at radius 1 is 0.533 bits per heavy atom. The molecule has 174 valence electrons. The molecule has 0 bridgehead atoms. The van der Waals surface area contributed by atoms with Gasteiger partial charge in [0.05, 0.1) is 0 Å². The maximum atomic E-state index is 11.8.